The van der Waals surface area contributed by atoms with Gasteiger partial charge < -0.3 is 9.13 Å². The van der Waals surface area contributed by atoms with Gasteiger partial charge >= 0.3 is 0 Å². The number of thioether (sulfide) groups is 1. The highest BCUT2D eigenvalue weighted by molar-refractivity contribution is 7.98. The lowest BCUT2D eigenvalue weighted by atomic mass is 10.2. The molecule has 0 radical (unpaired) electrons. The van der Waals surface area contributed by atoms with Gasteiger partial charge in [0.15, 0.2) is 11.0 Å². The van der Waals surface area contributed by atoms with Crippen molar-refractivity contribution >= 4 is 22.8 Å². The van der Waals surface area contributed by atoms with Crippen LogP contribution in [0.4, 0.5) is 4.39 Å². The van der Waals surface area contributed by atoms with Crippen molar-refractivity contribution in [2.75, 3.05) is 0 Å². The van der Waals surface area contributed by atoms with Gasteiger partial charge in [0, 0.05) is 14.1 Å². The second kappa shape index (κ2) is 6.33. The Labute approximate surface area is 148 Å². The van der Waals surface area contributed by atoms with E-state index in [2.05, 4.69) is 25.8 Å². The van der Waals surface area contributed by atoms with Gasteiger partial charge in [0.25, 0.3) is 0 Å². The number of aryl methyl sites for hydroxylation is 1. The first kappa shape index (κ1) is 15.8. The predicted molar refractivity (Wildman–Crippen MR) is 96.7 cm³/mol. The smallest absolute Gasteiger partial charge is 0.191 e. The van der Waals surface area contributed by atoms with Gasteiger partial charge in [-0.25, -0.2) is 9.37 Å². The van der Waals surface area contributed by atoms with Crippen molar-refractivity contribution in [2.24, 2.45) is 14.1 Å². The molecule has 0 aliphatic heterocycles. The van der Waals surface area contributed by atoms with Crippen LogP contribution in [0, 0.1) is 5.82 Å². The van der Waals surface area contributed by atoms with E-state index < -0.39 is 0 Å². The minimum Gasteiger partial charge on any atom is -0.330 e. The van der Waals surface area contributed by atoms with Gasteiger partial charge in [-0.15, -0.1) is 10.2 Å². The monoisotopic (exact) mass is 353 g/mol. The summed E-state index contributed by atoms with van der Waals surface area (Å²) in [7, 11) is 3.85. The standard InChI is InChI=1S/C18H16FN5S/c1-23-15-10-6-5-9-14(15)20-16(23)11-25-18-22-21-17(24(18)2)12-7-3-4-8-13(12)19/h3-10H,11H2,1-2H3. The minimum atomic E-state index is -0.301. The van der Waals surface area contributed by atoms with E-state index in [4.69, 9.17) is 0 Å². The van der Waals surface area contributed by atoms with Crippen LogP contribution in [0.2, 0.25) is 0 Å². The molecule has 2 heterocycles. The van der Waals surface area contributed by atoms with Gasteiger partial charge in [-0.3, -0.25) is 0 Å². The Morgan fingerprint density at radius 3 is 2.52 bits per heavy atom. The Bertz CT molecular complexity index is 1050. The van der Waals surface area contributed by atoms with Crippen molar-refractivity contribution in [3.05, 3.63) is 60.2 Å². The van der Waals surface area contributed by atoms with E-state index in [0.717, 1.165) is 22.0 Å². The first-order valence-electron chi connectivity index (χ1n) is 7.82. The lowest BCUT2D eigenvalue weighted by Gasteiger charge is -2.05. The summed E-state index contributed by atoms with van der Waals surface area (Å²) in [4.78, 5) is 4.66. The predicted octanol–water partition coefficient (Wildman–Crippen LogP) is 3.80. The Hall–Kier alpha value is -2.67. The molecule has 2 aromatic heterocycles. The molecular formula is C18H16FN5S. The first-order valence-corrected chi connectivity index (χ1v) is 8.81. The van der Waals surface area contributed by atoms with Crippen LogP contribution in [0.25, 0.3) is 22.4 Å². The van der Waals surface area contributed by atoms with Crippen molar-refractivity contribution in [1.82, 2.24) is 24.3 Å². The molecule has 0 amide bonds. The van der Waals surface area contributed by atoms with Crippen molar-refractivity contribution < 1.29 is 4.39 Å². The number of para-hydroxylation sites is 2. The van der Waals surface area contributed by atoms with Gasteiger partial charge in [-0.2, -0.15) is 0 Å². The number of aromatic nitrogens is 5. The summed E-state index contributed by atoms with van der Waals surface area (Å²) in [5.74, 6) is 1.84. The van der Waals surface area contributed by atoms with E-state index in [1.807, 2.05) is 36.9 Å². The topological polar surface area (TPSA) is 48.5 Å². The summed E-state index contributed by atoms with van der Waals surface area (Å²) in [6, 6.07) is 14.6. The van der Waals surface area contributed by atoms with Crippen LogP contribution in [0.3, 0.4) is 0 Å². The summed E-state index contributed by atoms with van der Waals surface area (Å²) in [5.41, 5.74) is 2.53. The van der Waals surface area contributed by atoms with E-state index >= 15 is 0 Å². The second-order valence-electron chi connectivity index (χ2n) is 5.71. The molecular weight excluding hydrogens is 337 g/mol. The number of hydrogen-bond acceptors (Lipinski definition) is 4. The minimum absolute atomic E-state index is 0.301. The highest BCUT2D eigenvalue weighted by atomic mass is 32.2. The fourth-order valence-electron chi connectivity index (χ4n) is 2.77. The zero-order valence-corrected chi connectivity index (χ0v) is 14.7. The number of halogens is 1. The fraction of sp³-hybridized carbons (Fsp3) is 0.167. The number of imidazole rings is 1. The van der Waals surface area contributed by atoms with Crippen LogP contribution in [-0.4, -0.2) is 24.3 Å². The third-order valence-corrected chi connectivity index (χ3v) is 5.18. The molecule has 0 saturated heterocycles. The molecule has 5 nitrogen and oxygen atoms in total. The molecule has 0 unspecified atom stereocenters. The number of nitrogens with zero attached hydrogens (tertiary/aromatic N) is 5. The van der Waals surface area contributed by atoms with Gasteiger partial charge in [0.1, 0.15) is 11.6 Å². The maximum absolute atomic E-state index is 14.0. The van der Waals surface area contributed by atoms with Crippen LogP contribution in [0.1, 0.15) is 5.82 Å². The Balaban J connectivity index is 1.60. The molecule has 0 aliphatic carbocycles. The average molecular weight is 353 g/mol. The lowest BCUT2D eigenvalue weighted by Crippen LogP contribution is -1.99. The summed E-state index contributed by atoms with van der Waals surface area (Å²) >= 11 is 1.53. The fourth-order valence-corrected chi connectivity index (χ4v) is 3.67. The van der Waals surface area contributed by atoms with Crippen LogP contribution < -0.4 is 0 Å². The SMILES string of the molecule is Cn1c(SCc2nc3ccccc3n2C)nnc1-c1ccccc1F. The molecule has 0 fully saturated rings. The van der Waals surface area contributed by atoms with Crippen molar-refractivity contribution in [2.45, 2.75) is 10.9 Å². The van der Waals surface area contributed by atoms with E-state index in [1.54, 1.807) is 18.2 Å². The van der Waals surface area contributed by atoms with Crippen LogP contribution in [0.15, 0.2) is 53.7 Å². The Morgan fingerprint density at radius 1 is 0.960 bits per heavy atom. The largest absolute Gasteiger partial charge is 0.330 e. The molecule has 0 atom stereocenters. The summed E-state index contributed by atoms with van der Waals surface area (Å²) in [6.45, 7) is 0. The molecule has 4 rings (SSSR count). The van der Waals surface area contributed by atoms with E-state index in [9.17, 15) is 4.39 Å². The van der Waals surface area contributed by atoms with Crippen molar-refractivity contribution in [3.63, 3.8) is 0 Å². The number of fused-ring (bicyclic) bond motifs is 1. The third kappa shape index (κ3) is 2.80. The molecule has 126 valence electrons. The molecule has 4 aromatic rings. The van der Waals surface area contributed by atoms with E-state index in [0.29, 0.717) is 17.1 Å². The summed E-state index contributed by atoms with van der Waals surface area (Å²) in [5, 5.41) is 9.08. The first-order chi connectivity index (χ1) is 12.1. The van der Waals surface area contributed by atoms with E-state index in [-0.39, 0.29) is 5.82 Å². The molecule has 0 N–H and O–H groups in total. The quantitative estimate of drug-likeness (QED) is 0.524. The summed E-state index contributed by atoms with van der Waals surface area (Å²) in [6.07, 6.45) is 0. The van der Waals surface area contributed by atoms with Gasteiger partial charge in [0.2, 0.25) is 0 Å². The van der Waals surface area contributed by atoms with Crippen molar-refractivity contribution in [3.8, 4) is 11.4 Å². The highest BCUT2D eigenvalue weighted by Gasteiger charge is 2.15. The maximum atomic E-state index is 14.0. The van der Waals surface area contributed by atoms with E-state index in [1.165, 1.54) is 17.8 Å². The molecule has 2 aromatic carbocycles. The maximum Gasteiger partial charge on any atom is 0.191 e. The summed E-state index contributed by atoms with van der Waals surface area (Å²) < 4.78 is 17.9. The zero-order chi connectivity index (χ0) is 17.4. The number of benzene rings is 2. The molecule has 25 heavy (non-hydrogen) atoms. The number of rotatable bonds is 4. The average Bonchev–Trinajstić information content (AvgIpc) is 3.14. The van der Waals surface area contributed by atoms with Crippen LogP contribution >= 0.6 is 11.8 Å². The van der Waals surface area contributed by atoms with Gasteiger partial charge in [-0.05, 0) is 24.3 Å². The van der Waals surface area contributed by atoms with Gasteiger partial charge in [-0.1, -0.05) is 36.0 Å². The van der Waals surface area contributed by atoms with Crippen LogP contribution in [0.5, 0.6) is 0 Å². The Kier molecular flexibility index (Phi) is 4.01. The molecule has 0 bridgehead atoms. The molecule has 0 aliphatic rings. The van der Waals surface area contributed by atoms with Crippen LogP contribution in [-0.2, 0) is 19.8 Å². The zero-order valence-electron chi connectivity index (χ0n) is 13.8. The highest BCUT2D eigenvalue weighted by Crippen LogP contribution is 2.27. The second-order valence-corrected chi connectivity index (χ2v) is 6.65. The number of hydrogen-bond donors (Lipinski definition) is 0. The third-order valence-electron chi connectivity index (χ3n) is 4.16. The normalized spacial score (nSPS) is 11.3. The molecule has 0 spiro atoms. The lowest BCUT2D eigenvalue weighted by molar-refractivity contribution is 0.628. The molecule has 0 saturated carbocycles. The Morgan fingerprint density at radius 2 is 1.72 bits per heavy atom. The van der Waals surface area contributed by atoms with Gasteiger partial charge in [0.05, 0.1) is 22.3 Å². The molecule has 7 heteroatoms. The van der Waals surface area contributed by atoms with Crippen molar-refractivity contribution in [1.29, 1.82) is 0 Å².